The number of hydrogen-bond donors (Lipinski definition) is 0. The van der Waals surface area contributed by atoms with Crippen molar-refractivity contribution in [2.24, 2.45) is 0 Å². The van der Waals surface area contributed by atoms with Crippen LogP contribution in [0.15, 0.2) is 11.9 Å². The Morgan fingerprint density at radius 2 is 1.81 bits per heavy atom. The summed E-state index contributed by atoms with van der Waals surface area (Å²) < 4.78 is 72.2. The molecule has 0 bridgehead atoms. The molecule has 0 aliphatic rings. The van der Waals surface area contributed by atoms with Gasteiger partial charge in [-0.05, 0) is 6.42 Å². The Labute approximate surface area is 118 Å². The van der Waals surface area contributed by atoms with Gasteiger partial charge in [-0.2, -0.15) is 0 Å². The van der Waals surface area contributed by atoms with E-state index in [9.17, 15) is 26.7 Å². The van der Waals surface area contributed by atoms with E-state index >= 15 is 0 Å². The van der Waals surface area contributed by atoms with Gasteiger partial charge in [-0.3, -0.25) is 4.79 Å². The Hall–Kier alpha value is -1.92. The molecule has 0 N–H and O–H groups in total. The molecule has 0 amide bonds. The van der Waals surface area contributed by atoms with Crippen molar-refractivity contribution in [2.75, 3.05) is 0 Å². The summed E-state index contributed by atoms with van der Waals surface area (Å²) in [6.45, 7) is 2.58. The van der Waals surface area contributed by atoms with Crippen LogP contribution in [0.3, 0.4) is 0 Å². The van der Waals surface area contributed by atoms with Gasteiger partial charge >= 0.3 is 5.97 Å². The first-order valence-corrected chi connectivity index (χ1v) is 6.20. The number of halogens is 5. The number of carbonyl (C=O) groups is 1. The van der Waals surface area contributed by atoms with E-state index in [1.54, 1.807) is 6.92 Å². The van der Waals surface area contributed by atoms with E-state index in [0.29, 0.717) is 6.42 Å². The van der Waals surface area contributed by atoms with Crippen LogP contribution in [0, 0.1) is 17.5 Å². The average molecular weight is 308 g/mol. The predicted molar refractivity (Wildman–Crippen MR) is 66.3 cm³/mol. The quantitative estimate of drug-likeness (QED) is 0.442. The van der Waals surface area contributed by atoms with Gasteiger partial charge in [0.2, 0.25) is 5.75 Å². The smallest absolute Gasteiger partial charge is 0.308 e. The lowest BCUT2D eigenvalue weighted by Gasteiger charge is -2.10. The summed E-state index contributed by atoms with van der Waals surface area (Å²) in [6, 6.07) is 0.128. The van der Waals surface area contributed by atoms with Crippen molar-refractivity contribution < 1.29 is 31.5 Å². The average Bonchev–Trinajstić information content (AvgIpc) is 2.40. The zero-order valence-corrected chi connectivity index (χ0v) is 11.4. The van der Waals surface area contributed by atoms with E-state index in [1.165, 1.54) is 0 Å². The molecule has 0 atom stereocenters. The number of allylic oxidation sites excluding steroid dienone is 1. The summed E-state index contributed by atoms with van der Waals surface area (Å²) in [6.07, 6.45) is 0.482. The largest absolute Gasteiger partial charge is 0.420 e. The molecular formula is C14H13F5O2. The molecule has 2 nitrogen and oxygen atoms in total. The molecule has 1 aromatic rings. The van der Waals surface area contributed by atoms with E-state index in [2.05, 4.69) is 4.74 Å². The van der Waals surface area contributed by atoms with E-state index in [1.807, 2.05) is 0 Å². The maximum absolute atomic E-state index is 13.9. The van der Waals surface area contributed by atoms with Crippen LogP contribution in [-0.2, 0) is 4.79 Å². The molecule has 0 unspecified atom stereocenters. The molecule has 116 valence electrons. The zero-order valence-electron chi connectivity index (χ0n) is 11.4. The van der Waals surface area contributed by atoms with E-state index < -0.39 is 46.4 Å². The minimum absolute atomic E-state index is 0.128. The first kappa shape index (κ1) is 17.1. The Morgan fingerprint density at radius 3 is 2.33 bits per heavy atom. The van der Waals surface area contributed by atoms with Gasteiger partial charge < -0.3 is 4.74 Å². The van der Waals surface area contributed by atoms with Gasteiger partial charge in [-0.15, -0.1) is 0 Å². The van der Waals surface area contributed by atoms with Crippen LogP contribution in [0.5, 0.6) is 5.75 Å². The molecule has 0 heterocycles. The van der Waals surface area contributed by atoms with Crippen molar-refractivity contribution in [2.45, 2.75) is 33.1 Å². The topological polar surface area (TPSA) is 26.3 Å². The number of hydrogen-bond acceptors (Lipinski definition) is 2. The molecule has 1 aromatic carbocycles. The van der Waals surface area contributed by atoms with Crippen LogP contribution in [-0.4, -0.2) is 5.97 Å². The van der Waals surface area contributed by atoms with Gasteiger partial charge in [0.1, 0.15) is 11.6 Å². The van der Waals surface area contributed by atoms with Crippen LogP contribution in [0.2, 0.25) is 0 Å². The molecule has 0 saturated carbocycles. The SMILES string of the molecule is CCCCC(F)=C(F)c1c(F)cc(F)c(OC(C)=O)c1F. The minimum atomic E-state index is -1.80. The first-order valence-electron chi connectivity index (χ1n) is 6.20. The summed E-state index contributed by atoms with van der Waals surface area (Å²) in [5.74, 6) is -10.4. The third kappa shape index (κ3) is 4.03. The summed E-state index contributed by atoms with van der Waals surface area (Å²) >= 11 is 0. The fraction of sp³-hybridized carbons (Fsp3) is 0.357. The minimum Gasteiger partial charge on any atom is -0.420 e. The highest BCUT2D eigenvalue weighted by Crippen LogP contribution is 2.34. The Kier molecular flexibility index (Phi) is 5.87. The monoisotopic (exact) mass is 308 g/mol. The number of rotatable bonds is 5. The molecule has 21 heavy (non-hydrogen) atoms. The molecule has 0 aromatic heterocycles. The third-order valence-corrected chi connectivity index (χ3v) is 2.58. The van der Waals surface area contributed by atoms with E-state index in [0.717, 1.165) is 6.92 Å². The number of carbonyl (C=O) groups excluding carboxylic acids is 1. The van der Waals surface area contributed by atoms with Gasteiger partial charge in [-0.25, -0.2) is 22.0 Å². The molecule has 0 aliphatic carbocycles. The van der Waals surface area contributed by atoms with E-state index in [4.69, 9.17) is 0 Å². The molecule has 0 radical (unpaired) electrons. The summed E-state index contributed by atoms with van der Waals surface area (Å²) in [5.41, 5.74) is -1.39. The molecule has 0 aliphatic heterocycles. The fourth-order valence-electron chi connectivity index (χ4n) is 1.59. The van der Waals surface area contributed by atoms with Crippen molar-refractivity contribution >= 4 is 11.8 Å². The fourth-order valence-corrected chi connectivity index (χ4v) is 1.59. The van der Waals surface area contributed by atoms with E-state index in [-0.39, 0.29) is 18.9 Å². The number of ether oxygens (including phenoxy) is 1. The lowest BCUT2D eigenvalue weighted by molar-refractivity contribution is -0.132. The van der Waals surface area contributed by atoms with Crippen molar-refractivity contribution in [3.05, 3.63) is 34.9 Å². The second-order valence-electron chi connectivity index (χ2n) is 4.27. The van der Waals surface area contributed by atoms with Gasteiger partial charge in [0, 0.05) is 19.4 Å². The lowest BCUT2D eigenvalue weighted by Crippen LogP contribution is -2.08. The van der Waals surface area contributed by atoms with Gasteiger partial charge in [0.15, 0.2) is 17.5 Å². The Balaban J connectivity index is 3.39. The number of benzene rings is 1. The van der Waals surface area contributed by atoms with Gasteiger partial charge in [0.25, 0.3) is 0 Å². The second-order valence-corrected chi connectivity index (χ2v) is 4.27. The van der Waals surface area contributed by atoms with Crippen LogP contribution in [0.25, 0.3) is 5.83 Å². The lowest BCUT2D eigenvalue weighted by atomic mass is 10.1. The molecule has 7 heteroatoms. The highest BCUT2D eigenvalue weighted by atomic mass is 19.2. The van der Waals surface area contributed by atoms with Crippen LogP contribution in [0.4, 0.5) is 22.0 Å². The third-order valence-electron chi connectivity index (χ3n) is 2.58. The standard InChI is InChI=1S/C14H13F5O2/c1-3-4-5-8(15)12(18)11-9(16)6-10(17)14(13(11)19)21-7(2)20/h6H,3-5H2,1-2H3. The van der Waals surface area contributed by atoms with Crippen molar-refractivity contribution in [1.82, 2.24) is 0 Å². The second kappa shape index (κ2) is 7.19. The molecule has 0 spiro atoms. The Morgan fingerprint density at radius 1 is 1.19 bits per heavy atom. The number of unbranched alkanes of at least 4 members (excludes halogenated alkanes) is 1. The van der Waals surface area contributed by atoms with Crippen molar-refractivity contribution in [1.29, 1.82) is 0 Å². The van der Waals surface area contributed by atoms with Crippen LogP contribution >= 0.6 is 0 Å². The van der Waals surface area contributed by atoms with Gasteiger partial charge in [-0.1, -0.05) is 13.3 Å². The van der Waals surface area contributed by atoms with Crippen LogP contribution < -0.4 is 4.74 Å². The van der Waals surface area contributed by atoms with Crippen LogP contribution in [0.1, 0.15) is 38.7 Å². The predicted octanol–water partition coefficient (Wildman–Crippen LogP) is 4.83. The number of esters is 1. The Bertz CT molecular complexity index is 581. The molecule has 0 saturated heterocycles. The summed E-state index contributed by atoms with van der Waals surface area (Å²) in [4.78, 5) is 10.7. The van der Waals surface area contributed by atoms with Crippen molar-refractivity contribution in [3.63, 3.8) is 0 Å². The molecule has 1 rings (SSSR count). The normalized spacial score (nSPS) is 12.1. The first-order chi connectivity index (χ1) is 9.79. The highest BCUT2D eigenvalue weighted by Gasteiger charge is 2.26. The summed E-state index contributed by atoms with van der Waals surface area (Å²) in [5, 5.41) is 0. The van der Waals surface area contributed by atoms with Gasteiger partial charge in [0.05, 0.1) is 5.56 Å². The molecular weight excluding hydrogens is 295 g/mol. The molecule has 0 fully saturated rings. The maximum atomic E-state index is 13.9. The highest BCUT2D eigenvalue weighted by molar-refractivity contribution is 5.71. The zero-order chi connectivity index (χ0) is 16.2. The maximum Gasteiger partial charge on any atom is 0.308 e. The van der Waals surface area contributed by atoms with Crippen molar-refractivity contribution in [3.8, 4) is 5.75 Å². The summed E-state index contributed by atoms with van der Waals surface area (Å²) in [7, 11) is 0.